The molecule has 0 amide bonds. The Morgan fingerprint density at radius 1 is 0.630 bits per heavy atom. The van der Waals surface area contributed by atoms with Gasteiger partial charge in [0.15, 0.2) is 0 Å². The van der Waals surface area contributed by atoms with E-state index in [1.54, 1.807) is 0 Å². The summed E-state index contributed by atoms with van der Waals surface area (Å²) < 4.78 is 11.7. The van der Waals surface area contributed by atoms with Crippen LogP contribution in [0.15, 0.2) is 143 Å². The van der Waals surface area contributed by atoms with Crippen molar-refractivity contribution in [3.8, 4) is 16.8 Å². The monoisotopic (exact) mass is 623 g/mol. The largest absolute Gasteiger partial charge is 0.455 e. The lowest BCUT2D eigenvalue weighted by molar-refractivity contribution is 0.670. The molecule has 0 radical (unpaired) electrons. The number of hydrogen-bond acceptors (Lipinski definition) is 3. The number of rotatable bonds is 2. The van der Waals surface area contributed by atoms with Crippen molar-refractivity contribution in [2.45, 2.75) is 16.1 Å². The van der Waals surface area contributed by atoms with Gasteiger partial charge >= 0.3 is 0 Å². The maximum Gasteiger partial charge on any atom is 0.143 e. The highest BCUT2D eigenvalue weighted by atomic mass is 32.2. The zero-order chi connectivity index (χ0) is 29.9. The number of aromatic nitrogens is 1. The third kappa shape index (κ3) is 3.33. The number of furan rings is 1. The van der Waals surface area contributed by atoms with Crippen molar-refractivity contribution in [1.82, 2.24) is 4.57 Å². The van der Waals surface area contributed by atoms with Gasteiger partial charge in [-0.3, -0.25) is 0 Å². The molecule has 0 saturated carbocycles. The first-order chi connectivity index (χ1) is 22.8. The summed E-state index contributed by atoms with van der Waals surface area (Å²) in [5, 5.41) is 6.55. The molecule has 2 unspecified atom stereocenters. The Labute approximate surface area is 273 Å². The van der Waals surface area contributed by atoms with Crippen molar-refractivity contribution in [2.24, 2.45) is 0 Å². The van der Waals surface area contributed by atoms with Crippen LogP contribution < -0.4 is 0 Å². The molecule has 2 aliphatic rings. The van der Waals surface area contributed by atoms with Gasteiger partial charge in [-0.25, -0.2) is 0 Å². The zero-order valence-corrected chi connectivity index (χ0v) is 26.2. The van der Waals surface area contributed by atoms with Crippen LogP contribution in [0.4, 0.5) is 0 Å². The molecule has 3 aromatic heterocycles. The van der Waals surface area contributed by atoms with Crippen molar-refractivity contribution < 1.29 is 4.42 Å². The minimum atomic E-state index is 0.334. The van der Waals surface area contributed by atoms with Crippen LogP contribution >= 0.6 is 23.1 Å². The Morgan fingerprint density at radius 3 is 2.41 bits per heavy atom. The summed E-state index contributed by atoms with van der Waals surface area (Å²) >= 11 is 3.89. The van der Waals surface area contributed by atoms with E-state index < -0.39 is 0 Å². The molecule has 0 N–H and O–H groups in total. The number of benzene rings is 6. The van der Waals surface area contributed by atoms with Crippen LogP contribution in [0.25, 0.3) is 75.9 Å². The maximum atomic E-state index is 6.53. The van der Waals surface area contributed by atoms with Gasteiger partial charge in [0.05, 0.1) is 10.8 Å². The summed E-state index contributed by atoms with van der Waals surface area (Å²) in [5.41, 5.74) is 10.9. The third-order valence-corrected chi connectivity index (χ3v) is 12.5. The molecular weight excluding hydrogens is 599 g/mol. The van der Waals surface area contributed by atoms with Gasteiger partial charge in [0.25, 0.3) is 0 Å². The average molecular weight is 624 g/mol. The minimum absolute atomic E-state index is 0.334. The number of para-hydroxylation sites is 3. The smallest absolute Gasteiger partial charge is 0.143 e. The van der Waals surface area contributed by atoms with Gasteiger partial charge in [-0.05, 0) is 53.6 Å². The second-order valence-electron chi connectivity index (χ2n) is 12.4. The summed E-state index contributed by atoms with van der Waals surface area (Å²) in [6, 6.07) is 46.6. The van der Waals surface area contributed by atoms with Crippen molar-refractivity contribution >= 4 is 82.2 Å². The molecule has 0 bridgehead atoms. The van der Waals surface area contributed by atoms with E-state index in [0.717, 1.165) is 27.5 Å². The lowest BCUT2D eigenvalue weighted by Crippen LogP contribution is -2.11. The van der Waals surface area contributed by atoms with Crippen LogP contribution in [-0.4, -0.2) is 4.57 Å². The molecule has 0 spiro atoms. The van der Waals surface area contributed by atoms with E-state index in [4.69, 9.17) is 4.42 Å². The molecule has 4 heteroatoms. The van der Waals surface area contributed by atoms with Gasteiger partial charge in [-0.1, -0.05) is 97.1 Å². The SMILES string of the molecule is C1=CC2c3ccccc3SC2c2c1c1ccccc1n2-c1ccc2sc3cccc(-c4cccc5c4oc4ccccc45)c3c2c1. The van der Waals surface area contributed by atoms with Gasteiger partial charge in [0.2, 0.25) is 0 Å². The maximum absolute atomic E-state index is 6.53. The molecule has 216 valence electrons. The van der Waals surface area contributed by atoms with E-state index in [2.05, 4.69) is 138 Å². The third-order valence-electron chi connectivity index (χ3n) is 9.98. The van der Waals surface area contributed by atoms with Gasteiger partial charge in [-0.2, -0.15) is 0 Å². The first-order valence-electron chi connectivity index (χ1n) is 15.8. The number of thiophene rings is 1. The summed E-state index contributed by atoms with van der Waals surface area (Å²) in [5.74, 6) is 0.373. The number of nitrogens with zero attached hydrogens (tertiary/aromatic N) is 1. The highest BCUT2D eigenvalue weighted by Gasteiger charge is 2.39. The van der Waals surface area contributed by atoms with Crippen LogP contribution in [0, 0.1) is 0 Å². The Balaban J connectivity index is 1.17. The normalized spacial score (nSPS) is 17.0. The molecule has 0 saturated heterocycles. The second-order valence-corrected chi connectivity index (χ2v) is 14.6. The summed E-state index contributed by atoms with van der Waals surface area (Å²) in [4.78, 5) is 1.40. The number of thioether (sulfide) groups is 1. The fourth-order valence-electron chi connectivity index (χ4n) is 8.02. The molecule has 1 aliphatic carbocycles. The molecule has 2 nitrogen and oxygen atoms in total. The molecule has 46 heavy (non-hydrogen) atoms. The average Bonchev–Trinajstić information content (AvgIpc) is 3.86. The van der Waals surface area contributed by atoms with Crippen molar-refractivity contribution in [3.05, 3.63) is 150 Å². The molecular formula is C42H25NOS2. The highest BCUT2D eigenvalue weighted by molar-refractivity contribution is 8.00. The topological polar surface area (TPSA) is 18.1 Å². The molecule has 9 aromatic rings. The van der Waals surface area contributed by atoms with Gasteiger partial charge in [-0.15, -0.1) is 23.1 Å². The lowest BCUT2D eigenvalue weighted by atomic mass is 9.87. The van der Waals surface area contributed by atoms with Crippen molar-refractivity contribution in [2.75, 3.05) is 0 Å². The quantitative estimate of drug-likeness (QED) is 0.191. The number of hydrogen-bond donors (Lipinski definition) is 0. The summed E-state index contributed by atoms with van der Waals surface area (Å²) in [7, 11) is 0. The summed E-state index contributed by atoms with van der Waals surface area (Å²) in [6.45, 7) is 0. The van der Waals surface area contributed by atoms with E-state index in [9.17, 15) is 0 Å². The van der Waals surface area contributed by atoms with Crippen LogP contribution in [0.5, 0.6) is 0 Å². The second kappa shape index (κ2) is 9.26. The van der Waals surface area contributed by atoms with E-state index in [1.165, 1.54) is 64.0 Å². The van der Waals surface area contributed by atoms with Gasteiger partial charge in [0, 0.05) is 69.7 Å². The fourth-order valence-corrected chi connectivity index (χ4v) is 10.6. The number of fused-ring (bicyclic) bond motifs is 13. The first-order valence-corrected chi connectivity index (χ1v) is 17.4. The van der Waals surface area contributed by atoms with Crippen molar-refractivity contribution in [1.29, 1.82) is 0 Å². The Bertz CT molecular complexity index is 2760. The molecule has 4 heterocycles. The summed E-state index contributed by atoms with van der Waals surface area (Å²) in [6.07, 6.45) is 4.81. The molecule has 6 aromatic carbocycles. The molecule has 0 fully saturated rings. The van der Waals surface area contributed by atoms with E-state index in [0.29, 0.717) is 11.2 Å². The fraction of sp³-hybridized carbons (Fsp3) is 0.0476. The first kappa shape index (κ1) is 25.2. The predicted molar refractivity (Wildman–Crippen MR) is 196 cm³/mol. The Hall–Kier alpha value is -5.03. The molecule has 1 aliphatic heterocycles. The molecule has 2 atom stereocenters. The zero-order valence-electron chi connectivity index (χ0n) is 24.6. The van der Waals surface area contributed by atoms with Gasteiger partial charge in [0.1, 0.15) is 11.2 Å². The van der Waals surface area contributed by atoms with Crippen LogP contribution in [0.2, 0.25) is 0 Å². The van der Waals surface area contributed by atoms with Crippen molar-refractivity contribution in [3.63, 3.8) is 0 Å². The van der Waals surface area contributed by atoms with Crippen LogP contribution in [-0.2, 0) is 0 Å². The minimum Gasteiger partial charge on any atom is -0.455 e. The van der Waals surface area contributed by atoms with E-state index >= 15 is 0 Å². The Morgan fingerprint density at radius 2 is 1.43 bits per heavy atom. The van der Waals surface area contributed by atoms with E-state index in [1.807, 2.05) is 29.2 Å². The predicted octanol–water partition coefficient (Wildman–Crippen LogP) is 12.5. The lowest BCUT2D eigenvalue weighted by Gasteiger charge is -2.24. The highest BCUT2D eigenvalue weighted by Crippen LogP contribution is 2.59. The number of allylic oxidation sites excluding steroid dienone is 1. The van der Waals surface area contributed by atoms with Crippen LogP contribution in [0.3, 0.4) is 0 Å². The molecule has 11 rings (SSSR count). The Kier molecular flexibility index (Phi) is 5.07. The van der Waals surface area contributed by atoms with E-state index in [-0.39, 0.29) is 0 Å². The standard InChI is InChI=1S/C42H25NOS2/c1-4-15-34-25(9-1)29-20-21-32-27-11-3-6-17-36(27)46-42(32)40(29)43(34)24-19-22-37-33(23-24)39-28(12-8-18-38(39)45-37)31-14-7-13-30-26-10-2-5-16-35(26)44-41(30)31/h1-23,32,42H. The van der Waals surface area contributed by atoms with Crippen LogP contribution in [0.1, 0.15) is 28.0 Å². The van der Waals surface area contributed by atoms with Gasteiger partial charge < -0.3 is 8.98 Å².